The molecule has 2 aliphatic rings. The Balaban J connectivity index is 1.88. The number of nitrogens with zero attached hydrogens (tertiary/aromatic N) is 4. The zero-order chi connectivity index (χ0) is 11.8. The summed E-state index contributed by atoms with van der Waals surface area (Å²) >= 11 is 0. The maximum absolute atomic E-state index is 9.64. The fourth-order valence-electron chi connectivity index (χ4n) is 2.98. The zero-order valence-corrected chi connectivity index (χ0v) is 10.3. The highest BCUT2D eigenvalue weighted by molar-refractivity contribution is 5.05. The van der Waals surface area contributed by atoms with Crippen molar-refractivity contribution in [3.8, 4) is 0 Å². The quantitative estimate of drug-likeness (QED) is 0.781. The molecule has 2 atom stereocenters. The van der Waals surface area contributed by atoms with E-state index in [9.17, 15) is 5.11 Å². The second kappa shape index (κ2) is 4.38. The predicted octanol–water partition coefficient (Wildman–Crippen LogP) is 0.742. The van der Waals surface area contributed by atoms with Crippen molar-refractivity contribution in [3.63, 3.8) is 0 Å². The molecule has 0 amide bonds. The zero-order valence-electron chi connectivity index (χ0n) is 10.3. The first-order valence-corrected chi connectivity index (χ1v) is 6.56. The van der Waals surface area contributed by atoms with Crippen molar-refractivity contribution in [2.45, 2.75) is 50.8 Å². The number of aliphatic hydroxyl groups is 1. The lowest BCUT2D eigenvalue weighted by Crippen LogP contribution is -2.33. The SMILES string of the molecule is CN1CCCCC1c1nnc2n1CCC(O)C2. The molecule has 2 aliphatic heterocycles. The van der Waals surface area contributed by atoms with Crippen LogP contribution >= 0.6 is 0 Å². The highest BCUT2D eigenvalue weighted by Crippen LogP contribution is 2.30. The first-order chi connectivity index (χ1) is 8.25. The van der Waals surface area contributed by atoms with E-state index in [0.717, 1.165) is 31.2 Å². The van der Waals surface area contributed by atoms with Crippen LogP contribution in [0.15, 0.2) is 0 Å². The molecule has 5 heteroatoms. The Morgan fingerprint density at radius 3 is 2.88 bits per heavy atom. The van der Waals surface area contributed by atoms with E-state index in [0.29, 0.717) is 12.5 Å². The topological polar surface area (TPSA) is 54.2 Å². The molecule has 0 saturated carbocycles. The van der Waals surface area contributed by atoms with Crippen molar-refractivity contribution in [2.75, 3.05) is 13.6 Å². The molecule has 94 valence electrons. The summed E-state index contributed by atoms with van der Waals surface area (Å²) in [6.07, 6.45) is 4.99. The largest absolute Gasteiger partial charge is 0.393 e. The molecule has 3 heterocycles. The average Bonchev–Trinajstić information content (AvgIpc) is 2.72. The van der Waals surface area contributed by atoms with Gasteiger partial charge in [0, 0.05) is 13.0 Å². The molecule has 5 nitrogen and oxygen atoms in total. The number of rotatable bonds is 1. The highest BCUT2D eigenvalue weighted by atomic mass is 16.3. The van der Waals surface area contributed by atoms with Crippen LogP contribution in [0.2, 0.25) is 0 Å². The summed E-state index contributed by atoms with van der Waals surface area (Å²) in [7, 11) is 2.17. The van der Waals surface area contributed by atoms with E-state index in [1.165, 1.54) is 19.3 Å². The fraction of sp³-hybridized carbons (Fsp3) is 0.833. The fourth-order valence-corrected chi connectivity index (χ4v) is 2.98. The molecule has 17 heavy (non-hydrogen) atoms. The van der Waals surface area contributed by atoms with Crippen molar-refractivity contribution in [1.29, 1.82) is 0 Å². The number of fused-ring (bicyclic) bond motifs is 1. The number of hydrogen-bond acceptors (Lipinski definition) is 4. The Morgan fingerprint density at radius 1 is 1.18 bits per heavy atom. The van der Waals surface area contributed by atoms with Gasteiger partial charge in [-0.1, -0.05) is 6.42 Å². The summed E-state index contributed by atoms with van der Waals surface area (Å²) in [6, 6.07) is 0.417. The predicted molar refractivity (Wildman–Crippen MR) is 63.6 cm³/mol. The Labute approximate surface area is 101 Å². The van der Waals surface area contributed by atoms with Gasteiger partial charge < -0.3 is 9.67 Å². The minimum atomic E-state index is -0.233. The number of piperidine rings is 1. The third kappa shape index (κ3) is 1.98. The van der Waals surface area contributed by atoms with Gasteiger partial charge in [-0.05, 0) is 32.9 Å². The smallest absolute Gasteiger partial charge is 0.150 e. The van der Waals surface area contributed by atoms with Gasteiger partial charge in [-0.15, -0.1) is 10.2 Å². The monoisotopic (exact) mass is 236 g/mol. The first kappa shape index (κ1) is 11.2. The lowest BCUT2D eigenvalue weighted by Gasteiger charge is -2.32. The van der Waals surface area contributed by atoms with Gasteiger partial charge >= 0.3 is 0 Å². The van der Waals surface area contributed by atoms with Gasteiger partial charge in [0.2, 0.25) is 0 Å². The van der Waals surface area contributed by atoms with Crippen LogP contribution in [0.1, 0.15) is 43.4 Å². The summed E-state index contributed by atoms with van der Waals surface area (Å²) in [5.41, 5.74) is 0. The summed E-state index contributed by atoms with van der Waals surface area (Å²) in [5, 5.41) is 18.2. The molecule has 1 saturated heterocycles. The van der Waals surface area contributed by atoms with Crippen LogP contribution in [0, 0.1) is 0 Å². The van der Waals surface area contributed by atoms with Crippen LogP contribution in [0.5, 0.6) is 0 Å². The van der Waals surface area contributed by atoms with Gasteiger partial charge in [0.25, 0.3) is 0 Å². The van der Waals surface area contributed by atoms with Gasteiger partial charge in [-0.2, -0.15) is 0 Å². The maximum atomic E-state index is 9.64. The molecule has 0 spiro atoms. The average molecular weight is 236 g/mol. The van der Waals surface area contributed by atoms with Gasteiger partial charge in [0.1, 0.15) is 11.6 Å². The van der Waals surface area contributed by atoms with Crippen molar-refractivity contribution in [1.82, 2.24) is 19.7 Å². The molecule has 3 rings (SSSR count). The highest BCUT2D eigenvalue weighted by Gasteiger charge is 2.29. The molecule has 2 unspecified atom stereocenters. The molecule has 1 aromatic heterocycles. The second-order valence-corrected chi connectivity index (χ2v) is 5.26. The minimum absolute atomic E-state index is 0.233. The van der Waals surface area contributed by atoms with Gasteiger partial charge in [0.15, 0.2) is 0 Å². The Bertz CT molecular complexity index is 403. The third-order valence-electron chi connectivity index (χ3n) is 4.03. The number of hydrogen-bond donors (Lipinski definition) is 1. The summed E-state index contributed by atoms with van der Waals surface area (Å²) in [5.74, 6) is 2.06. The van der Waals surface area contributed by atoms with Crippen molar-refractivity contribution in [2.24, 2.45) is 0 Å². The van der Waals surface area contributed by atoms with Crippen molar-refractivity contribution >= 4 is 0 Å². The van der Waals surface area contributed by atoms with Crippen LogP contribution < -0.4 is 0 Å². The number of likely N-dealkylation sites (tertiary alicyclic amines) is 1. The van der Waals surface area contributed by atoms with Crippen LogP contribution in [0.4, 0.5) is 0 Å². The van der Waals surface area contributed by atoms with E-state index < -0.39 is 0 Å². The van der Waals surface area contributed by atoms with E-state index in [-0.39, 0.29) is 6.10 Å². The van der Waals surface area contributed by atoms with Gasteiger partial charge in [-0.25, -0.2) is 0 Å². The van der Waals surface area contributed by atoms with E-state index in [1.807, 2.05) is 0 Å². The van der Waals surface area contributed by atoms with E-state index >= 15 is 0 Å². The Morgan fingerprint density at radius 2 is 2.06 bits per heavy atom. The van der Waals surface area contributed by atoms with Gasteiger partial charge in [0.05, 0.1) is 12.1 Å². The molecule has 0 bridgehead atoms. The Hall–Kier alpha value is -0.940. The van der Waals surface area contributed by atoms with Crippen LogP contribution in [-0.2, 0) is 13.0 Å². The second-order valence-electron chi connectivity index (χ2n) is 5.26. The summed E-state index contributed by atoms with van der Waals surface area (Å²) in [6.45, 7) is 2.01. The van der Waals surface area contributed by atoms with Crippen LogP contribution in [0.3, 0.4) is 0 Å². The normalized spacial score (nSPS) is 30.2. The molecule has 1 fully saturated rings. The van der Waals surface area contributed by atoms with Crippen molar-refractivity contribution in [3.05, 3.63) is 11.6 Å². The molecule has 1 aromatic rings. The lowest BCUT2D eigenvalue weighted by molar-refractivity contribution is 0.135. The molecule has 1 N–H and O–H groups in total. The van der Waals surface area contributed by atoms with Crippen molar-refractivity contribution < 1.29 is 5.11 Å². The molecule has 0 aromatic carbocycles. The number of aromatic nitrogens is 3. The molecular weight excluding hydrogens is 216 g/mol. The number of aliphatic hydroxyl groups excluding tert-OH is 1. The third-order valence-corrected chi connectivity index (χ3v) is 4.03. The Kier molecular flexibility index (Phi) is 2.88. The van der Waals surface area contributed by atoms with E-state index in [2.05, 4.69) is 26.7 Å². The maximum Gasteiger partial charge on any atom is 0.150 e. The lowest BCUT2D eigenvalue weighted by atomic mass is 10.0. The summed E-state index contributed by atoms with van der Waals surface area (Å²) < 4.78 is 2.22. The van der Waals surface area contributed by atoms with E-state index in [1.54, 1.807) is 0 Å². The first-order valence-electron chi connectivity index (χ1n) is 6.56. The standard InChI is InChI=1S/C12H20N4O/c1-15-6-3-2-4-10(15)12-14-13-11-8-9(17)5-7-16(11)12/h9-10,17H,2-8H2,1H3. The van der Waals surface area contributed by atoms with Crippen LogP contribution in [0.25, 0.3) is 0 Å². The molecule has 0 radical (unpaired) electrons. The van der Waals surface area contributed by atoms with Gasteiger partial charge in [-0.3, -0.25) is 4.90 Å². The summed E-state index contributed by atoms with van der Waals surface area (Å²) in [4.78, 5) is 2.38. The van der Waals surface area contributed by atoms with Crippen LogP contribution in [-0.4, -0.2) is 44.5 Å². The minimum Gasteiger partial charge on any atom is -0.393 e. The van der Waals surface area contributed by atoms with E-state index in [4.69, 9.17) is 0 Å². The molecular formula is C12H20N4O. The molecule has 0 aliphatic carbocycles.